The molecule has 0 bridgehead atoms. The van der Waals surface area contributed by atoms with Crippen LogP contribution < -0.4 is 20.3 Å². The van der Waals surface area contributed by atoms with Crippen LogP contribution in [-0.2, 0) is 9.59 Å². The SMILES string of the molecule is COc1ccccc1N1CCC(NC(=O)C2CCCNC2)C1=O.Cl. The Kier molecular flexibility index (Phi) is 6.45. The standard InChI is InChI=1S/C17H23N3O3.ClH/c1-23-15-7-3-2-6-14(15)20-10-8-13(17(20)22)19-16(21)12-5-4-9-18-11-12;/h2-3,6-7,12-13,18H,4-5,8-11H2,1H3,(H,19,21);1H. The van der Waals surface area contributed by atoms with E-state index in [-0.39, 0.29) is 30.1 Å². The molecule has 0 radical (unpaired) electrons. The number of carbonyl (C=O) groups is 2. The van der Waals surface area contributed by atoms with Gasteiger partial charge in [0, 0.05) is 13.1 Å². The van der Waals surface area contributed by atoms with Crippen LogP contribution in [0.3, 0.4) is 0 Å². The van der Waals surface area contributed by atoms with Crippen LogP contribution in [0, 0.1) is 5.92 Å². The molecule has 2 N–H and O–H groups in total. The average molecular weight is 354 g/mol. The van der Waals surface area contributed by atoms with Gasteiger partial charge in [-0.2, -0.15) is 0 Å². The highest BCUT2D eigenvalue weighted by Gasteiger charge is 2.36. The number of rotatable bonds is 4. The summed E-state index contributed by atoms with van der Waals surface area (Å²) in [6.45, 7) is 2.25. The van der Waals surface area contributed by atoms with Crippen molar-refractivity contribution in [1.82, 2.24) is 10.6 Å². The number of anilines is 1. The number of carbonyl (C=O) groups excluding carboxylic acids is 2. The van der Waals surface area contributed by atoms with Gasteiger partial charge in [0.2, 0.25) is 11.8 Å². The second-order valence-corrected chi connectivity index (χ2v) is 6.05. The smallest absolute Gasteiger partial charge is 0.249 e. The number of methoxy groups -OCH3 is 1. The van der Waals surface area contributed by atoms with Crippen molar-refractivity contribution < 1.29 is 14.3 Å². The molecule has 2 saturated heterocycles. The minimum Gasteiger partial charge on any atom is -0.495 e. The van der Waals surface area contributed by atoms with Crippen LogP contribution in [0.25, 0.3) is 0 Å². The van der Waals surface area contributed by atoms with Gasteiger partial charge < -0.3 is 20.3 Å². The molecule has 2 aliphatic heterocycles. The predicted octanol–water partition coefficient (Wildman–Crippen LogP) is 1.34. The summed E-state index contributed by atoms with van der Waals surface area (Å²) in [7, 11) is 1.59. The fraction of sp³-hybridized carbons (Fsp3) is 0.529. The Bertz CT molecular complexity index is 590. The summed E-state index contributed by atoms with van der Waals surface area (Å²) in [5, 5.41) is 6.15. The molecule has 0 aliphatic carbocycles. The predicted molar refractivity (Wildman–Crippen MR) is 94.7 cm³/mol. The normalized spacial score (nSPS) is 23.5. The maximum atomic E-state index is 12.6. The lowest BCUT2D eigenvalue weighted by Crippen LogP contribution is -2.47. The van der Waals surface area contributed by atoms with Gasteiger partial charge in [-0.05, 0) is 37.9 Å². The van der Waals surface area contributed by atoms with Crippen molar-refractivity contribution in [1.29, 1.82) is 0 Å². The molecule has 2 fully saturated rings. The first kappa shape index (κ1) is 18.5. The van der Waals surface area contributed by atoms with Gasteiger partial charge in [-0.15, -0.1) is 12.4 Å². The first-order valence-corrected chi connectivity index (χ1v) is 8.16. The van der Waals surface area contributed by atoms with Gasteiger partial charge in [-0.3, -0.25) is 9.59 Å². The summed E-state index contributed by atoms with van der Waals surface area (Å²) in [5.41, 5.74) is 0.760. The number of halogens is 1. The third-order valence-electron chi connectivity index (χ3n) is 4.57. The Morgan fingerprint density at radius 2 is 2.12 bits per heavy atom. The van der Waals surface area contributed by atoms with Crippen molar-refractivity contribution in [3.05, 3.63) is 24.3 Å². The van der Waals surface area contributed by atoms with E-state index in [0.29, 0.717) is 25.3 Å². The minimum atomic E-state index is -0.436. The third kappa shape index (κ3) is 3.82. The molecule has 2 aliphatic rings. The van der Waals surface area contributed by atoms with Crippen molar-refractivity contribution in [2.24, 2.45) is 5.92 Å². The van der Waals surface area contributed by atoms with E-state index in [1.807, 2.05) is 24.3 Å². The van der Waals surface area contributed by atoms with Crippen molar-refractivity contribution in [3.63, 3.8) is 0 Å². The lowest BCUT2D eigenvalue weighted by atomic mass is 9.98. The zero-order valence-corrected chi connectivity index (χ0v) is 14.6. The molecular formula is C17H24ClN3O3. The molecule has 1 aromatic carbocycles. The highest BCUT2D eigenvalue weighted by atomic mass is 35.5. The molecule has 2 amide bonds. The minimum absolute atomic E-state index is 0. The quantitative estimate of drug-likeness (QED) is 0.857. The van der Waals surface area contributed by atoms with Crippen LogP contribution in [0.1, 0.15) is 19.3 Å². The van der Waals surface area contributed by atoms with E-state index in [4.69, 9.17) is 4.74 Å². The number of ether oxygens (including phenoxy) is 1. The van der Waals surface area contributed by atoms with E-state index in [2.05, 4.69) is 10.6 Å². The van der Waals surface area contributed by atoms with Crippen LogP contribution in [0.4, 0.5) is 5.69 Å². The Balaban J connectivity index is 0.00000208. The van der Waals surface area contributed by atoms with Gasteiger partial charge in [0.1, 0.15) is 11.8 Å². The fourth-order valence-electron chi connectivity index (χ4n) is 3.27. The lowest BCUT2D eigenvalue weighted by Gasteiger charge is -2.24. The van der Waals surface area contributed by atoms with Gasteiger partial charge in [0.15, 0.2) is 0 Å². The summed E-state index contributed by atoms with van der Waals surface area (Å²) in [5.74, 6) is 0.560. The lowest BCUT2D eigenvalue weighted by molar-refractivity contribution is -0.129. The van der Waals surface area contributed by atoms with Crippen molar-refractivity contribution in [2.75, 3.05) is 31.6 Å². The van der Waals surface area contributed by atoms with Gasteiger partial charge in [-0.1, -0.05) is 12.1 Å². The van der Waals surface area contributed by atoms with Crippen molar-refractivity contribution in [2.45, 2.75) is 25.3 Å². The van der Waals surface area contributed by atoms with Crippen LogP contribution in [0.15, 0.2) is 24.3 Å². The molecule has 2 heterocycles. The Hall–Kier alpha value is -1.79. The number of para-hydroxylation sites is 2. The monoisotopic (exact) mass is 353 g/mol. The summed E-state index contributed by atoms with van der Waals surface area (Å²) in [4.78, 5) is 26.6. The molecule has 2 atom stereocenters. The van der Waals surface area contributed by atoms with Gasteiger partial charge in [-0.25, -0.2) is 0 Å². The number of nitrogens with one attached hydrogen (secondary N) is 2. The summed E-state index contributed by atoms with van der Waals surface area (Å²) < 4.78 is 5.33. The van der Waals surface area contributed by atoms with Crippen LogP contribution in [0.5, 0.6) is 5.75 Å². The van der Waals surface area contributed by atoms with E-state index in [0.717, 1.165) is 25.1 Å². The second kappa shape index (κ2) is 8.35. The topological polar surface area (TPSA) is 70.7 Å². The summed E-state index contributed by atoms with van der Waals surface area (Å²) >= 11 is 0. The fourth-order valence-corrected chi connectivity index (χ4v) is 3.27. The first-order valence-electron chi connectivity index (χ1n) is 8.16. The maximum absolute atomic E-state index is 12.6. The number of hydrogen-bond acceptors (Lipinski definition) is 4. The van der Waals surface area contributed by atoms with E-state index in [1.54, 1.807) is 12.0 Å². The zero-order valence-electron chi connectivity index (χ0n) is 13.8. The van der Waals surface area contributed by atoms with E-state index < -0.39 is 6.04 Å². The molecular weight excluding hydrogens is 330 g/mol. The number of amides is 2. The third-order valence-corrected chi connectivity index (χ3v) is 4.57. The van der Waals surface area contributed by atoms with E-state index in [1.165, 1.54) is 0 Å². The van der Waals surface area contributed by atoms with Gasteiger partial charge in [0.05, 0.1) is 18.7 Å². The molecule has 0 spiro atoms. The summed E-state index contributed by atoms with van der Waals surface area (Å²) in [6.07, 6.45) is 2.52. The molecule has 3 rings (SSSR count). The number of benzene rings is 1. The highest BCUT2D eigenvalue weighted by molar-refractivity contribution is 6.02. The van der Waals surface area contributed by atoms with E-state index >= 15 is 0 Å². The van der Waals surface area contributed by atoms with Crippen LogP contribution >= 0.6 is 12.4 Å². The number of nitrogens with zero attached hydrogens (tertiary/aromatic N) is 1. The van der Waals surface area contributed by atoms with Crippen LogP contribution in [0.2, 0.25) is 0 Å². The second-order valence-electron chi connectivity index (χ2n) is 6.05. The molecule has 0 aromatic heterocycles. The first-order chi connectivity index (χ1) is 11.2. The van der Waals surface area contributed by atoms with Gasteiger partial charge in [0.25, 0.3) is 0 Å². The van der Waals surface area contributed by atoms with Crippen molar-refractivity contribution in [3.8, 4) is 5.75 Å². The molecule has 1 aromatic rings. The number of hydrogen-bond donors (Lipinski definition) is 2. The molecule has 6 nitrogen and oxygen atoms in total. The van der Waals surface area contributed by atoms with Crippen LogP contribution in [-0.4, -0.2) is 44.6 Å². The molecule has 2 unspecified atom stereocenters. The maximum Gasteiger partial charge on any atom is 0.249 e. The molecule has 132 valence electrons. The zero-order chi connectivity index (χ0) is 16.2. The molecule has 0 saturated carbocycles. The average Bonchev–Trinajstić information content (AvgIpc) is 2.96. The molecule has 7 heteroatoms. The van der Waals surface area contributed by atoms with Gasteiger partial charge >= 0.3 is 0 Å². The molecule has 24 heavy (non-hydrogen) atoms. The Morgan fingerprint density at radius 1 is 1.33 bits per heavy atom. The highest BCUT2D eigenvalue weighted by Crippen LogP contribution is 2.31. The van der Waals surface area contributed by atoms with Crippen molar-refractivity contribution >= 4 is 29.9 Å². The Labute approximate surface area is 148 Å². The summed E-state index contributed by atoms with van der Waals surface area (Å²) in [6, 6.07) is 7.02. The number of piperidine rings is 1. The Morgan fingerprint density at radius 3 is 2.83 bits per heavy atom. The van der Waals surface area contributed by atoms with E-state index in [9.17, 15) is 9.59 Å². The largest absolute Gasteiger partial charge is 0.495 e.